The third-order valence-corrected chi connectivity index (χ3v) is 4.12. The summed E-state index contributed by atoms with van der Waals surface area (Å²) in [5.74, 6) is 0.558. The molecule has 0 aliphatic carbocycles. The van der Waals surface area contributed by atoms with Crippen molar-refractivity contribution in [3.8, 4) is 0 Å². The summed E-state index contributed by atoms with van der Waals surface area (Å²) in [5, 5.41) is 6.06. The quantitative estimate of drug-likeness (QED) is 0.818. The Morgan fingerprint density at radius 2 is 2.00 bits per heavy atom. The minimum absolute atomic E-state index is 0.493. The maximum Gasteiger partial charge on any atom is 0.0691 e. The number of fused-ring (bicyclic) bond motifs is 1. The molecule has 0 atom stereocenters. The Hall–Kier alpha value is -1.35. The van der Waals surface area contributed by atoms with E-state index in [4.69, 9.17) is 9.84 Å². The predicted octanol–water partition coefficient (Wildman–Crippen LogP) is 3.82. The Morgan fingerprint density at radius 1 is 1.26 bits per heavy atom. The van der Waals surface area contributed by atoms with Crippen molar-refractivity contribution in [1.29, 1.82) is 0 Å². The molecule has 0 amide bonds. The Bertz CT molecular complexity index is 580. The van der Waals surface area contributed by atoms with Gasteiger partial charge in [0.05, 0.1) is 17.3 Å². The van der Waals surface area contributed by atoms with E-state index in [2.05, 4.69) is 43.7 Å². The van der Waals surface area contributed by atoms with Crippen LogP contribution in [0.4, 0.5) is 0 Å². The van der Waals surface area contributed by atoms with E-state index in [1.165, 1.54) is 16.5 Å². The monoisotopic (exact) mass is 258 g/mol. The molecular weight excluding hydrogens is 236 g/mol. The van der Waals surface area contributed by atoms with Crippen LogP contribution in [0.15, 0.2) is 18.2 Å². The second kappa shape index (κ2) is 4.97. The van der Waals surface area contributed by atoms with Crippen LogP contribution in [-0.2, 0) is 4.74 Å². The van der Waals surface area contributed by atoms with Crippen LogP contribution < -0.4 is 0 Å². The molecule has 0 saturated carbocycles. The summed E-state index contributed by atoms with van der Waals surface area (Å²) in [7, 11) is 0. The third-order valence-electron chi connectivity index (χ3n) is 4.12. The van der Waals surface area contributed by atoms with Gasteiger partial charge in [0.1, 0.15) is 0 Å². The van der Waals surface area contributed by atoms with Crippen LogP contribution in [0.2, 0.25) is 0 Å². The summed E-state index contributed by atoms with van der Waals surface area (Å²) in [5.41, 5.74) is 3.81. The first-order valence-corrected chi connectivity index (χ1v) is 7.23. The number of aromatic nitrogens is 2. The summed E-state index contributed by atoms with van der Waals surface area (Å²) < 4.78 is 7.70. The Labute approximate surface area is 114 Å². The number of hydrogen-bond acceptors (Lipinski definition) is 2. The van der Waals surface area contributed by atoms with Crippen molar-refractivity contribution < 1.29 is 4.74 Å². The number of benzene rings is 1. The molecular formula is C16H22N2O. The molecule has 0 radical (unpaired) electrons. The van der Waals surface area contributed by atoms with Gasteiger partial charge in [-0.25, -0.2) is 0 Å². The highest BCUT2D eigenvalue weighted by atomic mass is 16.5. The first-order chi connectivity index (χ1) is 9.16. The Kier molecular flexibility index (Phi) is 3.31. The number of hydrogen-bond donors (Lipinski definition) is 0. The smallest absolute Gasteiger partial charge is 0.0691 e. The lowest BCUT2D eigenvalue weighted by Crippen LogP contribution is -2.20. The lowest BCUT2D eigenvalue weighted by molar-refractivity contribution is 0.0674. The lowest BCUT2D eigenvalue weighted by atomic mass is 10.0. The molecule has 2 heterocycles. The predicted molar refractivity (Wildman–Crippen MR) is 77.6 cm³/mol. The van der Waals surface area contributed by atoms with Crippen LogP contribution in [0.5, 0.6) is 0 Å². The number of nitrogens with zero attached hydrogens (tertiary/aromatic N) is 2. The lowest BCUT2D eigenvalue weighted by Gasteiger charge is -2.23. The van der Waals surface area contributed by atoms with E-state index in [-0.39, 0.29) is 0 Å². The van der Waals surface area contributed by atoms with Crippen LogP contribution >= 0.6 is 0 Å². The molecule has 19 heavy (non-hydrogen) atoms. The fourth-order valence-electron chi connectivity index (χ4n) is 2.88. The fourth-order valence-corrected chi connectivity index (χ4v) is 2.88. The highest BCUT2D eigenvalue weighted by molar-refractivity contribution is 5.82. The highest BCUT2D eigenvalue weighted by Gasteiger charge is 2.20. The molecule has 1 fully saturated rings. The highest BCUT2D eigenvalue weighted by Crippen LogP contribution is 2.29. The van der Waals surface area contributed by atoms with Gasteiger partial charge >= 0.3 is 0 Å². The van der Waals surface area contributed by atoms with Crippen LogP contribution in [0, 0.1) is 6.92 Å². The fraction of sp³-hybridized carbons (Fsp3) is 0.562. The molecule has 1 aromatic carbocycles. The molecule has 1 saturated heterocycles. The van der Waals surface area contributed by atoms with Crippen molar-refractivity contribution in [1.82, 2.24) is 9.78 Å². The number of ether oxygens (including phenoxy) is 1. The molecule has 3 rings (SSSR count). The zero-order chi connectivity index (χ0) is 13.4. The van der Waals surface area contributed by atoms with Gasteiger partial charge in [-0.2, -0.15) is 5.10 Å². The molecule has 0 spiro atoms. The second-order valence-corrected chi connectivity index (χ2v) is 5.80. The molecule has 0 unspecified atom stereocenters. The largest absolute Gasteiger partial charge is 0.381 e. The van der Waals surface area contributed by atoms with Crippen molar-refractivity contribution in [2.75, 3.05) is 13.2 Å². The molecule has 3 heteroatoms. The van der Waals surface area contributed by atoms with Gasteiger partial charge in [0.25, 0.3) is 0 Å². The van der Waals surface area contributed by atoms with Crippen molar-refractivity contribution >= 4 is 10.9 Å². The molecule has 3 nitrogen and oxygen atoms in total. The van der Waals surface area contributed by atoms with Gasteiger partial charge in [-0.05, 0) is 37.3 Å². The summed E-state index contributed by atoms with van der Waals surface area (Å²) in [6.45, 7) is 8.30. The van der Waals surface area contributed by atoms with E-state index in [0.717, 1.165) is 31.7 Å². The average molecular weight is 258 g/mol. The van der Waals surface area contributed by atoms with Gasteiger partial charge in [-0.3, -0.25) is 4.68 Å². The molecule has 1 aliphatic rings. The van der Waals surface area contributed by atoms with Gasteiger partial charge in [0.2, 0.25) is 0 Å². The van der Waals surface area contributed by atoms with Crippen molar-refractivity contribution in [2.45, 2.75) is 45.6 Å². The Morgan fingerprint density at radius 3 is 2.68 bits per heavy atom. The summed E-state index contributed by atoms with van der Waals surface area (Å²) in [6, 6.07) is 7.27. The van der Waals surface area contributed by atoms with E-state index in [1.54, 1.807) is 0 Å². The van der Waals surface area contributed by atoms with Crippen molar-refractivity contribution in [3.05, 3.63) is 29.5 Å². The molecule has 0 N–H and O–H groups in total. The van der Waals surface area contributed by atoms with E-state index >= 15 is 0 Å². The minimum Gasteiger partial charge on any atom is -0.381 e. The average Bonchev–Trinajstić information content (AvgIpc) is 2.77. The van der Waals surface area contributed by atoms with E-state index in [0.29, 0.717) is 12.0 Å². The van der Waals surface area contributed by atoms with Crippen LogP contribution in [-0.4, -0.2) is 23.0 Å². The standard InChI is InChI=1S/C16H22N2O/c1-11(2)13-4-5-15-12(3)17-18(16(15)10-13)14-6-8-19-9-7-14/h4-5,10-11,14H,6-9H2,1-3H3. The molecule has 1 aliphatic heterocycles. The van der Waals surface area contributed by atoms with Gasteiger partial charge < -0.3 is 4.74 Å². The van der Waals surface area contributed by atoms with E-state index < -0.39 is 0 Å². The van der Waals surface area contributed by atoms with Gasteiger partial charge in [-0.15, -0.1) is 0 Å². The zero-order valence-electron chi connectivity index (χ0n) is 12.0. The van der Waals surface area contributed by atoms with Crippen LogP contribution in [0.25, 0.3) is 10.9 Å². The molecule has 102 valence electrons. The van der Waals surface area contributed by atoms with Crippen molar-refractivity contribution in [2.24, 2.45) is 0 Å². The maximum atomic E-state index is 5.46. The van der Waals surface area contributed by atoms with Gasteiger partial charge in [-0.1, -0.05) is 26.0 Å². The maximum absolute atomic E-state index is 5.46. The minimum atomic E-state index is 0.493. The summed E-state index contributed by atoms with van der Waals surface area (Å²) in [6.07, 6.45) is 2.14. The van der Waals surface area contributed by atoms with Gasteiger partial charge in [0, 0.05) is 18.6 Å². The first kappa shape index (κ1) is 12.7. The second-order valence-electron chi connectivity index (χ2n) is 5.80. The summed E-state index contributed by atoms with van der Waals surface area (Å²) in [4.78, 5) is 0. The van der Waals surface area contributed by atoms with Crippen molar-refractivity contribution in [3.63, 3.8) is 0 Å². The number of aryl methyl sites for hydroxylation is 1. The molecule has 1 aromatic heterocycles. The normalized spacial score (nSPS) is 17.5. The van der Waals surface area contributed by atoms with Gasteiger partial charge in [0.15, 0.2) is 0 Å². The first-order valence-electron chi connectivity index (χ1n) is 7.23. The van der Waals surface area contributed by atoms with Crippen LogP contribution in [0.3, 0.4) is 0 Å². The SMILES string of the molecule is Cc1nn(C2CCOCC2)c2cc(C(C)C)ccc12. The Balaban J connectivity index is 2.09. The molecule has 2 aromatic rings. The summed E-state index contributed by atoms with van der Waals surface area (Å²) >= 11 is 0. The number of rotatable bonds is 2. The molecule has 0 bridgehead atoms. The van der Waals surface area contributed by atoms with Crippen LogP contribution in [0.1, 0.15) is 49.9 Å². The zero-order valence-corrected chi connectivity index (χ0v) is 12.0. The third kappa shape index (κ3) is 2.27. The van der Waals surface area contributed by atoms with E-state index in [9.17, 15) is 0 Å². The topological polar surface area (TPSA) is 27.1 Å². The van der Waals surface area contributed by atoms with E-state index in [1.807, 2.05) is 0 Å².